The molecule has 1 aromatic carbocycles. The summed E-state index contributed by atoms with van der Waals surface area (Å²) in [4.78, 5) is 21.8. The van der Waals surface area contributed by atoms with Gasteiger partial charge in [-0.2, -0.15) is 0 Å². The minimum absolute atomic E-state index is 0.150. The second-order valence-corrected chi connectivity index (χ2v) is 14.3. The molecule has 4 heterocycles. The number of nitrogens with zero attached hydrogens (tertiary/aromatic N) is 2. The number of ether oxygens (including phenoxy) is 2. The summed E-state index contributed by atoms with van der Waals surface area (Å²) in [5.74, 6) is 0.0934. The first-order chi connectivity index (χ1) is 20.9. The number of rotatable bonds is 9. The van der Waals surface area contributed by atoms with E-state index in [4.69, 9.17) is 9.47 Å². The van der Waals surface area contributed by atoms with E-state index < -0.39 is 41.9 Å². The second kappa shape index (κ2) is 13.6. The van der Waals surface area contributed by atoms with E-state index in [0.717, 1.165) is 41.8 Å². The Morgan fingerprint density at radius 2 is 1.86 bits per heavy atom. The molecule has 1 aliphatic carbocycles. The molecular weight excluding hydrogens is 587 g/mol. The summed E-state index contributed by atoms with van der Waals surface area (Å²) in [6.45, 7) is 3.30. The Hall–Kier alpha value is -1.96. The van der Waals surface area contributed by atoms with Crippen molar-refractivity contribution in [3.8, 4) is 11.1 Å². The number of likely N-dealkylation sites (tertiary alicyclic amines) is 1. The molecule has 1 saturated carbocycles. The van der Waals surface area contributed by atoms with Crippen molar-refractivity contribution in [3.63, 3.8) is 0 Å². The van der Waals surface area contributed by atoms with Gasteiger partial charge >= 0.3 is 0 Å². The van der Waals surface area contributed by atoms with Gasteiger partial charge in [-0.3, -0.25) is 14.7 Å². The van der Waals surface area contributed by atoms with E-state index in [0.29, 0.717) is 12.6 Å². The lowest BCUT2D eigenvalue weighted by molar-refractivity contribution is -0.205. The molecule has 2 aromatic rings. The third-order valence-electron chi connectivity index (χ3n) is 9.03. The van der Waals surface area contributed by atoms with Crippen molar-refractivity contribution in [3.05, 3.63) is 60.9 Å². The fraction of sp³-hybridized carbons (Fsp3) is 0.562. The van der Waals surface area contributed by atoms with Crippen molar-refractivity contribution < 1.29 is 29.6 Å². The second-order valence-electron chi connectivity index (χ2n) is 11.9. The molecule has 1 aromatic heterocycles. The van der Waals surface area contributed by atoms with Crippen LogP contribution in [0.2, 0.25) is 0 Å². The molecule has 9 nitrogen and oxygen atoms in total. The van der Waals surface area contributed by atoms with E-state index in [2.05, 4.69) is 21.3 Å². The Bertz CT molecular complexity index is 1260. The maximum absolute atomic E-state index is 14.2. The maximum Gasteiger partial charge on any atom is 0.240 e. The number of carbonyl (C=O) groups is 1. The number of amides is 1. The molecule has 4 aliphatic rings. The molecule has 1 amide bonds. The molecule has 10 atom stereocenters. The highest BCUT2D eigenvalue weighted by atomic mass is 32.2. The zero-order valence-electron chi connectivity index (χ0n) is 24.4. The minimum Gasteiger partial charge on any atom is -0.388 e. The van der Waals surface area contributed by atoms with E-state index in [-0.39, 0.29) is 23.2 Å². The van der Waals surface area contributed by atoms with Crippen LogP contribution in [0.3, 0.4) is 0 Å². The molecule has 0 radical (unpaired) electrons. The van der Waals surface area contributed by atoms with Crippen LogP contribution in [0, 0.1) is 5.92 Å². The van der Waals surface area contributed by atoms with Crippen molar-refractivity contribution in [2.75, 3.05) is 19.4 Å². The molecule has 0 spiro atoms. The normalized spacial score (nSPS) is 34.3. The minimum atomic E-state index is -1.40. The van der Waals surface area contributed by atoms with Crippen LogP contribution in [-0.2, 0) is 14.3 Å². The van der Waals surface area contributed by atoms with Crippen molar-refractivity contribution in [2.24, 2.45) is 5.92 Å². The molecule has 3 aliphatic heterocycles. The van der Waals surface area contributed by atoms with Gasteiger partial charge in [0.15, 0.2) is 0 Å². The van der Waals surface area contributed by atoms with Gasteiger partial charge in [-0.1, -0.05) is 37.3 Å². The molecule has 232 valence electrons. The fourth-order valence-corrected chi connectivity index (χ4v) is 8.36. The summed E-state index contributed by atoms with van der Waals surface area (Å²) in [6, 6.07) is 11.4. The zero-order chi connectivity index (χ0) is 30.1. The number of hydrogen-bond donors (Lipinski definition) is 4. The average Bonchev–Trinajstić information content (AvgIpc) is 3.84. The van der Waals surface area contributed by atoms with Crippen molar-refractivity contribution in [2.45, 2.75) is 90.4 Å². The lowest BCUT2D eigenvalue weighted by atomic mass is 9.92. The number of aromatic nitrogens is 1. The van der Waals surface area contributed by atoms with Gasteiger partial charge in [-0.25, -0.2) is 0 Å². The van der Waals surface area contributed by atoms with Gasteiger partial charge in [0.1, 0.15) is 35.9 Å². The lowest BCUT2D eigenvalue weighted by Crippen LogP contribution is -2.66. The Morgan fingerprint density at radius 1 is 1.07 bits per heavy atom. The summed E-state index contributed by atoms with van der Waals surface area (Å²) < 4.78 is 12.4. The molecule has 0 bridgehead atoms. The molecule has 3 fully saturated rings. The number of aliphatic hydroxyl groups is 3. The van der Waals surface area contributed by atoms with Crippen LogP contribution in [0.5, 0.6) is 0 Å². The first-order valence-corrected chi connectivity index (χ1v) is 17.2. The number of fused-ring (bicyclic) bond motifs is 1. The fourth-order valence-electron chi connectivity index (χ4n) is 6.59. The number of hydrogen-bond acceptors (Lipinski definition) is 10. The first-order valence-electron chi connectivity index (χ1n) is 15.1. The highest BCUT2D eigenvalue weighted by Gasteiger charge is 2.53. The molecular formula is C32H41N3O6S2. The smallest absolute Gasteiger partial charge is 0.240 e. The van der Waals surface area contributed by atoms with E-state index >= 15 is 0 Å². The zero-order valence-corrected chi connectivity index (χ0v) is 26.1. The quantitative estimate of drug-likeness (QED) is 0.244. The monoisotopic (exact) mass is 627 g/mol. The van der Waals surface area contributed by atoms with Crippen LogP contribution in [0.25, 0.3) is 11.1 Å². The summed E-state index contributed by atoms with van der Waals surface area (Å²) in [5, 5.41) is 35.5. The van der Waals surface area contributed by atoms with E-state index in [1.165, 1.54) is 11.8 Å². The summed E-state index contributed by atoms with van der Waals surface area (Å²) in [7, 11) is 0. The van der Waals surface area contributed by atoms with E-state index in [1.54, 1.807) is 24.2 Å². The topological polar surface area (TPSA) is 124 Å². The van der Waals surface area contributed by atoms with Crippen molar-refractivity contribution in [1.29, 1.82) is 0 Å². The van der Waals surface area contributed by atoms with Crippen molar-refractivity contribution >= 4 is 29.4 Å². The average molecular weight is 628 g/mol. The summed E-state index contributed by atoms with van der Waals surface area (Å²) in [5.41, 5.74) is 1.33. The number of thioether (sulfide) groups is 2. The van der Waals surface area contributed by atoms with Crippen LogP contribution in [0.15, 0.2) is 65.8 Å². The molecule has 5 unspecified atom stereocenters. The molecule has 6 rings (SSSR count). The van der Waals surface area contributed by atoms with Gasteiger partial charge in [-0.15, -0.1) is 23.5 Å². The van der Waals surface area contributed by atoms with Crippen LogP contribution in [0.1, 0.15) is 26.2 Å². The lowest BCUT2D eigenvalue weighted by Gasteiger charge is -2.45. The Morgan fingerprint density at radius 3 is 2.56 bits per heavy atom. The summed E-state index contributed by atoms with van der Waals surface area (Å²) in [6.07, 6.45) is 7.40. The van der Waals surface area contributed by atoms with Crippen LogP contribution in [-0.4, -0.2) is 110 Å². The number of benzene rings is 1. The SMILES string of the molecule is CSC1OC([C@H](NC(=O)[C@@H]2[C@@H]3OCC=CC[C@H]3CN2C2CC2)[C@H](C)Sc2ccc(-c3cccnc3)cc2)C(O)C(O)C1O. The number of allylic oxidation sites excluding steroid dienone is 1. The molecule has 4 N–H and O–H groups in total. The van der Waals surface area contributed by atoms with Crippen molar-refractivity contribution in [1.82, 2.24) is 15.2 Å². The Balaban J connectivity index is 1.25. The highest BCUT2D eigenvalue weighted by Crippen LogP contribution is 2.40. The largest absolute Gasteiger partial charge is 0.388 e. The number of nitrogens with one attached hydrogen (secondary N) is 1. The van der Waals surface area contributed by atoms with Gasteiger partial charge in [0, 0.05) is 41.0 Å². The standard InChI is InChI=1S/C32H41N3O6S2/c1-18(43-23-12-8-19(9-13-23)20-7-5-14-33-16-20)24(30-27(37)26(36)28(38)32(41-30)42-2)34-31(39)25-29-21(6-3-4-15-40-29)17-35(25)22-10-11-22/h3-5,7-9,12-14,16,18,21-22,24-30,32,36-38H,6,10-11,15,17H2,1-2H3,(H,34,39)/t18-,21-,24+,25-,26?,27?,28?,29+,30?,32?/m0/s1. The van der Waals surface area contributed by atoms with Crippen LogP contribution in [0.4, 0.5) is 0 Å². The van der Waals surface area contributed by atoms with Gasteiger partial charge in [-0.05, 0) is 54.8 Å². The van der Waals surface area contributed by atoms with Gasteiger partial charge in [0.25, 0.3) is 0 Å². The molecule has 2 saturated heterocycles. The third-order valence-corrected chi connectivity index (χ3v) is 11.1. The summed E-state index contributed by atoms with van der Waals surface area (Å²) >= 11 is 2.83. The molecule has 43 heavy (non-hydrogen) atoms. The van der Waals surface area contributed by atoms with Gasteiger partial charge in [0.2, 0.25) is 5.91 Å². The predicted octanol–water partition coefficient (Wildman–Crippen LogP) is 2.69. The van der Waals surface area contributed by atoms with E-state index in [9.17, 15) is 20.1 Å². The van der Waals surface area contributed by atoms with Crippen LogP contribution < -0.4 is 5.32 Å². The highest BCUT2D eigenvalue weighted by molar-refractivity contribution is 8.00. The van der Waals surface area contributed by atoms with E-state index in [1.807, 2.05) is 55.6 Å². The number of carbonyl (C=O) groups excluding carboxylic acids is 1. The first kappa shape index (κ1) is 31.0. The Kier molecular flexibility index (Phi) is 9.80. The van der Waals surface area contributed by atoms with Crippen LogP contribution >= 0.6 is 23.5 Å². The number of aliphatic hydroxyl groups excluding tert-OH is 3. The predicted molar refractivity (Wildman–Crippen MR) is 168 cm³/mol. The van der Waals surface area contributed by atoms with Gasteiger partial charge < -0.3 is 30.1 Å². The maximum atomic E-state index is 14.2. The third kappa shape index (κ3) is 6.69. The number of pyridine rings is 1. The van der Waals surface area contributed by atoms with Gasteiger partial charge in [0.05, 0.1) is 18.8 Å². The Labute approximate surface area is 261 Å². The molecule has 11 heteroatoms.